The molecule has 0 radical (unpaired) electrons. The van der Waals surface area contributed by atoms with E-state index in [9.17, 15) is 9.59 Å². The molecule has 7 heteroatoms. The third kappa shape index (κ3) is 3.44. The topological polar surface area (TPSA) is 99.1 Å². The van der Waals surface area contributed by atoms with Gasteiger partial charge in [-0.25, -0.2) is 0 Å². The second kappa shape index (κ2) is 6.42. The van der Waals surface area contributed by atoms with Crippen LogP contribution >= 0.6 is 24.8 Å². The molecule has 1 atom stereocenters. The summed E-state index contributed by atoms with van der Waals surface area (Å²) in [7, 11) is 0. The molecule has 16 heavy (non-hydrogen) atoms. The van der Waals surface area contributed by atoms with Crippen molar-refractivity contribution in [3.05, 3.63) is 30.1 Å². The van der Waals surface area contributed by atoms with Crippen molar-refractivity contribution >= 4 is 36.5 Å². The summed E-state index contributed by atoms with van der Waals surface area (Å²) in [5, 5.41) is 0. The van der Waals surface area contributed by atoms with Gasteiger partial charge in [0.15, 0.2) is 11.3 Å². The molecule has 0 fully saturated rings. The fraction of sp³-hybridized carbons (Fsp3) is 0.222. The molecule has 0 unspecified atom stereocenters. The number of carbonyl (C=O) groups is 2. The fourth-order valence-corrected chi connectivity index (χ4v) is 0.915. The van der Waals surface area contributed by atoms with E-state index in [1.807, 2.05) is 0 Å². The fourth-order valence-electron chi connectivity index (χ4n) is 0.915. The average Bonchev–Trinajstić information content (AvgIpc) is 2.17. The van der Waals surface area contributed by atoms with Gasteiger partial charge in [0.2, 0.25) is 5.91 Å². The van der Waals surface area contributed by atoms with Crippen molar-refractivity contribution in [1.29, 1.82) is 0 Å². The summed E-state index contributed by atoms with van der Waals surface area (Å²) in [4.78, 5) is 26.3. The Morgan fingerprint density at radius 3 is 2.06 bits per heavy atom. The number of nitrogens with two attached hydrogens (primary N) is 2. The molecule has 1 rings (SSSR count). The van der Waals surface area contributed by atoms with E-state index in [4.69, 9.17) is 11.5 Å². The Morgan fingerprint density at radius 2 is 1.69 bits per heavy atom. The van der Waals surface area contributed by atoms with Crippen LogP contribution in [0.3, 0.4) is 0 Å². The predicted molar refractivity (Wildman–Crippen MR) is 64.9 cm³/mol. The minimum Gasteiger partial charge on any atom is -0.368 e. The highest BCUT2D eigenvalue weighted by Crippen LogP contribution is 2.09. The first kappa shape index (κ1) is 17.2. The quantitative estimate of drug-likeness (QED) is 0.607. The molecule has 0 spiro atoms. The zero-order valence-electron chi connectivity index (χ0n) is 8.54. The Bertz CT molecular complexity index is 368. The molecular weight excluding hydrogens is 253 g/mol. The lowest BCUT2D eigenvalue weighted by atomic mass is 9.92. The molecule has 5 nitrogen and oxygen atoms in total. The summed E-state index contributed by atoms with van der Waals surface area (Å²) >= 11 is 0. The van der Waals surface area contributed by atoms with Crippen LogP contribution in [0.25, 0.3) is 0 Å². The van der Waals surface area contributed by atoms with E-state index >= 15 is 0 Å². The molecule has 4 N–H and O–H groups in total. The van der Waals surface area contributed by atoms with Crippen molar-refractivity contribution in [2.24, 2.45) is 11.5 Å². The first-order valence-electron chi connectivity index (χ1n) is 4.00. The van der Waals surface area contributed by atoms with E-state index in [2.05, 4.69) is 4.98 Å². The maximum atomic E-state index is 11.7. The largest absolute Gasteiger partial charge is 0.368 e. The summed E-state index contributed by atoms with van der Waals surface area (Å²) in [5.74, 6) is -1.35. The van der Waals surface area contributed by atoms with E-state index < -0.39 is 17.2 Å². The van der Waals surface area contributed by atoms with Crippen LogP contribution in [-0.2, 0) is 4.79 Å². The van der Waals surface area contributed by atoms with Crippen LogP contribution in [0.4, 0.5) is 0 Å². The van der Waals surface area contributed by atoms with Gasteiger partial charge in [-0.1, -0.05) is 0 Å². The lowest BCUT2D eigenvalue weighted by Crippen LogP contribution is -2.55. The smallest absolute Gasteiger partial charge is 0.245 e. The molecule has 1 aromatic rings. The SMILES string of the molecule is C[C@@](N)(C(N)=O)C(=O)c1ccncc1.Cl.Cl. The van der Waals surface area contributed by atoms with Gasteiger partial charge < -0.3 is 11.5 Å². The summed E-state index contributed by atoms with van der Waals surface area (Å²) in [6.07, 6.45) is 2.90. The Hall–Kier alpha value is -1.17. The third-order valence-electron chi connectivity index (χ3n) is 1.93. The van der Waals surface area contributed by atoms with Crippen molar-refractivity contribution in [2.75, 3.05) is 0 Å². The van der Waals surface area contributed by atoms with Gasteiger partial charge in [0, 0.05) is 18.0 Å². The molecule has 0 saturated heterocycles. The van der Waals surface area contributed by atoms with Crippen LogP contribution in [0.15, 0.2) is 24.5 Å². The van der Waals surface area contributed by atoms with Gasteiger partial charge in [-0.15, -0.1) is 24.8 Å². The Kier molecular flexibility index (Phi) is 6.91. The zero-order chi connectivity index (χ0) is 10.8. The molecule has 1 heterocycles. The summed E-state index contributed by atoms with van der Waals surface area (Å²) in [6.45, 7) is 1.29. The number of primary amides is 1. The number of pyridine rings is 1. The first-order valence-corrected chi connectivity index (χ1v) is 4.00. The third-order valence-corrected chi connectivity index (χ3v) is 1.93. The number of halogens is 2. The molecule has 0 aromatic carbocycles. The average molecular weight is 266 g/mol. The summed E-state index contributed by atoms with van der Waals surface area (Å²) < 4.78 is 0. The van der Waals surface area contributed by atoms with Crippen molar-refractivity contribution in [3.8, 4) is 0 Å². The predicted octanol–water partition coefficient (Wildman–Crippen LogP) is 0.311. The van der Waals surface area contributed by atoms with Crippen LogP contribution in [0.2, 0.25) is 0 Å². The number of rotatable bonds is 3. The lowest BCUT2D eigenvalue weighted by molar-refractivity contribution is -0.121. The summed E-state index contributed by atoms with van der Waals surface area (Å²) in [6, 6.07) is 2.97. The first-order chi connectivity index (χ1) is 6.46. The van der Waals surface area contributed by atoms with Gasteiger partial charge in [0.25, 0.3) is 0 Å². The molecule has 0 bridgehead atoms. The van der Waals surface area contributed by atoms with Gasteiger partial charge in [0.1, 0.15) is 0 Å². The molecule has 0 aliphatic heterocycles. The number of amides is 1. The number of ketones is 1. The van der Waals surface area contributed by atoms with Gasteiger partial charge in [-0.3, -0.25) is 14.6 Å². The van der Waals surface area contributed by atoms with Gasteiger partial charge >= 0.3 is 0 Å². The van der Waals surface area contributed by atoms with Crippen LogP contribution in [0.1, 0.15) is 17.3 Å². The highest BCUT2D eigenvalue weighted by molar-refractivity contribution is 6.16. The molecule has 0 saturated carbocycles. The van der Waals surface area contributed by atoms with E-state index in [0.29, 0.717) is 5.56 Å². The second-order valence-corrected chi connectivity index (χ2v) is 3.13. The molecule has 1 aromatic heterocycles. The molecule has 90 valence electrons. The highest BCUT2D eigenvalue weighted by atomic mass is 35.5. The lowest BCUT2D eigenvalue weighted by Gasteiger charge is -2.18. The van der Waals surface area contributed by atoms with Crippen LogP contribution in [0, 0.1) is 0 Å². The normalized spacial score (nSPS) is 12.6. The zero-order valence-corrected chi connectivity index (χ0v) is 10.2. The number of nitrogens with zero attached hydrogens (tertiary/aromatic N) is 1. The molecule has 0 aliphatic carbocycles. The minimum atomic E-state index is -1.67. The van der Waals surface area contributed by atoms with Crippen LogP contribution in [-0.4, -0.2) is 22.2 Å². The minimum absolute atomic E-state index is 0. The Morgan fingerprint density at radius 1 is 1.25 bits per heavy atom. The van der Waals surface area contributed by atoms with E-state index in [-0.39, 0.29) is 24.8 Å². The number of hydrogen-bond donors (Lipinski definition) is 2. The van der Waals surface area contributed by atoms with E-state index in [1.54, 1.807) is 0 Å². The monoisotopic (exact) mass is 265 g/mol. The molecular formula is C9H13Cl2N3O2. The second-order valence-electron chi connectivity index (χ2n) is 3.13. The van der Waals surface area contributed by atoms with Crippen molar-refractivity contribution < 1.29 is 9.59 Å². The van der Waals surface area contributed by atoms with Crippen LogP contribution < -0.4 is 11.5 Å². The Labute approximate surface area is 105 Å². The van der Waals surface area contributed by atoms with Gasteiger partial charge in [-0.05, 0) is 19.1 Å². The standard InChI is InChI=1S/C9H11N3O2.2ClH/c1-9(11,8(10)14)7(13)6-2-4-12-5-3-6;;/h2-5H,11H2,1H3,(H2,10,14);2*1H/t9-;;/m0../s1. The molecule has 0 aliphatic rings. The summed E-state index contributed by atoms with van der Waals surface area (Å²) in [5.41, 5.74) is 9.16. The van der Waals surface area contributed by atoms with Gasteiger partial charge in [-0.2, -0.15) is 0 Å². The maximum Gasteiger partial charge on any atom is 0.245 e. The van der Waals surface area contributed by atoms with Crippen molar-refractivity contribution in [2.45, 2.75) is 12.5 Å². The van der Waals surface area contributed by atoms with Gasteiger partial charge in [0.05, 0.1) is 0 Å². The number of carbonyl (C=O) groups excluding carboxylic acids is 2. The Balaban J connectivity index is 0. The number of aromatic nitrogens is 1. The van der Waals surface area contributed by atoms with Crippen molar-refractivity contribution in [3.63, 3.8) is 0 Å². The van der Waals surface area contributed by atoms with E-state index in [0.717, 1.165) is 0 Å². The maximum absolute atomic E-state index is 11.7. The molecule has 1 amide bonds. The highest BCUT2D eigenvalue weighted by Gasteiger charge is 2.35. The number of Topliss-reactive ketones (excluding diaryl/α,β-unsaturated/α-hetero) is 1. The van der Waals surface area contributed by atoms with Crippen LogP contribution in [0.5, 0.6) is 0 Å². The van der Waals surface area contributed by atoms with Crippen molar-refractivity contribution in [1.82, 2.24) is 4.98 Å². The van der Waals surface area contributed by atoms with E-state index in [1.165, 1.54) is 31.5 Å². The number of hydrogen-bond acceptors (Lipinski definition) is 4.